The van der Waals surface area contributed by atoms with Crippen molar-refractivity contribution in [3.8, 4) is 0 Å². The number of hydrogen-bond donors (Lipinski definition) is 1. The van der Waals surface area contributed by atoms with Crippen LogP contribution >= 0.6 is 0 Å². The van der Waals surface area contributed by atoms with Crippen molar-refractivity contribution >= 4 is 21.7 Å². The summed E-state index contributed by atoms with van der Waals surface area (Å²) in [7, 11) is -3.51. The number of aryl methyl sites for hydroxylation is 1. The Kier molecular flexibility index (Phi) is 4.90. The third-order valence-electron chi connectivity index (χ3n) is 3.59. The van der Waals surface area contributed by atoms with Crippen LogP contribution in [-0.2, 0) is 9.84 Å². The first kappa shape index (κ1) is 16.9. The SMILES string of the molecule is Cc1ccc(S(=O)(=O)c2ccc(N/N=C\c3cccnc3)cc2)cc1. The molecule has 0 radical (unpaired) electrons. The largest absolute Gasteiger partial charge is 0.279 e. The summed E-state index contributed by atoms with van der Waals surface area (Å²) in [6, 6.07) is 17.0. The Hall–Kier alpha value is -2.99. The minimum absolute atomic E-state index is 0.248. The lowest BCUT2D eigenvalue weighted by atomic mass is 10.2. The van der Waals surface area contributed by atoms with Gasteiger partial charge >= 0.3 is 0 Å². The summed E-state index contributed by atoms with van der Waals surface area (Å²) in [6.07, 6.45) is 5.03. The second-order valence-corrected chi connectivity index (χ2v) is 7.45. The number of aromatic nitrogens is 1. The summed E-state index contributed by atoms with van der Waals surface area (Å²) in [6.45, 7) is 1.92. The molecule has 25 heavy (non-hydrogen) atoms. The van der Waals surface area contributed by atoms with E-state index in [1.165, 1.54) is 0 Å². The van der Waals surface area contributed by atoms with Gasteiger partial charge < -0.3 is 0 Å². The fourth-order valence-corrected chi connectivity index (χ4v) is 3.46. The van der Waals surface area contributed by atoms with E-state index in [1.807, 2.05) is 19.1 Å². The van der Waals surface area contributed by atoms with Gasteiger partial charge in [-0.3, -0.25) is 10.4 Å². The molecule has 0 saturated carbocycles. The van der Waals surface area contributed by atoms with Crippen molar-refractivity contribution in [2.75, 3.05) is 5.43 Å². The number of sulfone groups is 1. The molecule has 2 aromatic carbocycles. The second kappa shape index (κ2) is 7.27. The number of nitrogens with zero attached hydrogens (tertiary/aromatic N) is 2. The minimum Gasteiger partial charge on any atom is -0.279 e. The number of hydrazone groups is 1. The monoisotopic (exact) mass is 351 g/mol. The highest BCUT2D eigenvalue weighted by Crippen LogP contribution is 2.22. The summed E-state index contributed by atoms with van der Waals surface area (Å²) in [5, 5.41) is 4.11. The van der Waals surface area contributed by atoms with Gasteiger partial charge in [-0.05, 0) is 49.4 Å². The molecule has 126 valence electrons. The van der Waals surface area contributed by atoms with Crippen molar-refractivity contribution in [3.63, 3.8) is 0 Å². The van der Waals surface area contributed by atoms with Crippen LogP contribution in [0, 0.1) is 6.92 Å². The third-order valence-corrected chi connectivity index (χ3v) is 5.37. The van der Waals surface area contributed by atoms with Crippen molar-refractivity contribution in [1.29, 1.82) is 0 Å². The van der Waals surface area contributed by atoms with Crippen molar-refractivity contribution in [2.24, 2.45) is 5.10 Å². The Morgan fingerprint density at radius 3 is 2.20 bits per heavy atom. The topological polar surface area (TPSA) is 71.4 Å². The smallest absolute Gasteiger partial charge is 0.206 e. The van der Waals surface area contributed by atoms with Gasteiger partial charge in [0.2, 0.25) is 9.84 Å². The lowest BCUT2D eigenvalue weighted by Crippen LogP contribution is -2.02. The molecule has 0 aliphatic heterocycles. The molecule has 0 aliphatic rings. The Labute approximate surface area is 147 Å². The van der Waals surface area contributed by atoms with Gasteiger partial charge in [-0.2, -0.15) is 5.10 Å². The van der Waals surface area contributed by atoms with Crippen LogP contribution in [0.1, 0.15) is 11.1 Å². The first-order valence-corrected chi connectivity index (χ1v) is 9.15. The van der Waals surface area contributed by atoms with Crippen LogP contribution in [-0.4, -0.2) is 19.6 Å². The highest BCUT2D eigenvalue weighted by Gasteiger charge is 2.16. The molecule has 0 spiro atoms. The Morgan fingerprint density at radius 2 is 1.60 bits per heavy atom. The molecule has 0 amide bonds. The highest BCUT2D eigenvalue weighted by molar-refractivity contribution is 7.91. The van der Waals surface area contributed by atoms with Gasteiger partial charge in [-0.1, -0.05) is 23.8 Å². The number of pyridine rings is 1. The van der Waals surface area contributed by atoms with Crippen LogP contribution < -0.4 is 5.43 Å². The molecule has 1 aromatic heterocycles. The molecule has 0 atom stereocenters. The van der Waals surface area contributed by atoms with E-state index in [0.29, 0.717) is 5.69 Å². The molecule has 0 fully saturated rings. The molecule has 1 N–H and O–H groups in total. The molecule has 5 nitrogen and oxygen atoms in total. The van der Waals surface area contributed by atoms with E-state index in [1.54, 1.807) is 67.1 Å². The zero-order chi connectivity index (χ0) is 17.7. The maximum atomic E-state index is 12.6. The molecule has 0 saturated heterocycles. The Bertz CT molecular complexity index is 965. The second-order valence-electron chi connectivity index (χ2n) is 5.50. The van der Waals surface area contributed by atoms with Crippen molar-refractivity contribution in [3.05, 3.63) is 84.2 Å². The standard InChI is InChI=1S/C19H17N3O2S/c1-15-4-8-18(9-5-15)25(23,24)19-10-6-17(7-11-19)22-21-14-16-3-2-12-20-13-16/h2-14,22H,1H3/b21-14-. The number of rotatable bonds is 5. The lowest BCUT2D eigenvalue weighted by molar-refractivity contribution is 0.596. The fourth-order valence-electron chi connectivity index (χ4n) is 2.20. The van der Waals surface area contributed by atoms with Crippen molar-refractivity contribution in [2.45, 2.75) is 16.7 Å². The van der Waals surface area contributed by atoms with E-state index in [2.05, 4.69) is 15.5 Å². The fraction of sp³-hybridized carbons (Fsp3) is 0.0526. The first-order valence-electron chi connectivity index (χ1n) is 7.67. The van der Waals surface area contributed by atoms with E-state index >= 15 is 0 Å². The van der Waals surface area contributed by atoms with Gasteiger partial charge in [0.1, 0.15) is 0 Å². The normalized spacial score (nSPS) is 11.6. The summed E-state index contributed by atoms with van der Waals surface area (Å²) in [4.78, 5) is 4.53. The highest BCUT2D eigenvalue weighted by atomic mass is 32.2. The predicted octanol–water partition coefficient (Wildman–Crippen LogP) is 3.67. The van der Waals surface area contributed by atoms with Gasteiger partial charge in [-0.15, -0.1) is 0 Å². The van der Waals surface area contributed by atoms with Crippen LogP contribution in [0.5, 0.6) is 0 Å². The molecule has 0 unspecified atom stereocenters. The number of hydrogen-bond acceptors (Lipinski definition) is 5. The maximum absolute atomic E-state index is 12.6. The summed E-state index contributed by atoms with van der Waals surface area (Å²) >= 11 is 0. The summed E-state index contributed by atoms with van der Waals surface area (Å²) in [5.74, 6) is 0. The van der Waals surface area contributed by atoms with E-state index < -0.39 is 9.84 Å². The van der Waals surface area contributed by atoms with Crippen molar-refractivity contribution < 1.29 is 8.42 Å². The van der Waals surface area contributed by atoms with E-state index in [-0.39, 0.29) is 9.79 Å². The van der Waals surface area contributed by atoms with Gasteiger partial charge in [0.05, 0.1) is 21.7 Å². The number of nitrogens with one attached hydrogen (secondary N) is 1. The van der Waals surface area contributed by atoms with E-state index in [9.17, 15) is 8.42 Å². The van der Waals surface area contributed by atoms with Gasteiger partial charge in [0.15, 0.2) is 0 Å². The zero-order valence-electron chi connectivity index (χ0n) is 13.6. The van der Waals surface area contributed by atoms with Crippen LogP contribution in [0.15, 0.2) is 87.9 Å². The minimum atomic E-state index is -3.51. The zero-order valence-corrected chi connectivity index (χ0v) is 14.4. The molecule has 0 bridgehead atoms. The molecule has 3 aromatic rings. The predicted molar refractivity (Wildman–Crippen MR) is 98.5 cm³/mol. The Balaban J connectivity index is 1.73. The first-order chi connectivity index (χ1) is 12.1. The van der Waals surface area contributed by atoms with Crippen LogP contribution in [0.3, 0.4) is 0 Å². The average Bonchev–Trinajstić information content (AvgIpc) is 2.63. The Morgan fingerprint density at radius 1 is 0.960 bits per heavy atom. The number of benzene rings is 2. The van der Waals surface area contributed by atoms with Crippen LogP contribution in [0.4, 0.5) is 5.69 Å². The maximum Gasteiger partial charge on any atom is 0.206 e. The molecular weight excluding hydrogens is 334 g/mol. The van der Waals surface area contributed by atoms with Crippen LogP contribution in [0.25, 0.3) is 0 Å². The lowest BCUT2D eigenvalue weighted by Gasteiger charge is -2.06. The average molecular weight is 351 g/mol. The molecule has 6 heteroatoms. The van der Waals surface area contributed by atoms with Gasteiger partial charge in [0.25, 0.3) is 0 Å². The quantitative estimate of drug-likeness (QED) is 0.562. The summed E-state index contributed by atoms with van der Waals surface area (Å²) in [5.41, 5.74) is 5.45. The van der Waals surface area contributed by atoms with Crippen LogP contribution in [0.2, 0.25) is 0 Å². The molecule has 0 aliphatic carbocycles. The molecule has 1 heterocycles. The van der Waals surface area contributed by atoms with E-state index in [4.69, 9.17) is 0 Å². The third kappa shape index (κ3) is 4.10. The van der Waals surface area contributed by atoms with Gasteiger partial charge in [-0.25, -0.2) is 8.42 Å². The number of anilines is 1. The molecular formula is C19H17N3O2S. The van der Waals surface area contributed by atoms with Gasteiger partial charge in [0, 0.05) is 18.0 Å². The van der Waals surface area contributed by atoms with Crippen molar-refractivity contribution in [1.82, 2.24) is 4.98 Å². The van der Waals surface area contributed by atoms with E-state index in [0.717, 1.165) is 11.1 Å². The molecule has 3 rings (SSSR count). The summed E-state index contributed by atoms with van der Waals surface area (Å²) < 4.78 is 25.2.